The summed E-state index contributed by atoms with van der Waals surface area (Å²) in [5.41, 5.74) is 3.11. The molecule has 7 heteroatoms. The van der Waals surface area contributed by atoms with Gasteiger partial charge < -0.3 is 4.90 Å². The van der Waals surface area contributed by atoms with Crippen LogP contribution in [0.2, 0.25) is 0 Å². The molecule has 0 N–H and O–H groups in total. The van der Waals surface area contributed by atoms with Crippen LogP contribution in [-0.4, -0.2) is 29.3 Å². The average molecular weight is 392 g/mol. The van der Waals surface area contributed by atoms with Crippen LogP contribution in [0, 0.1) is 18.3 Å². The van der Waals surface area contributed by atoms with Crippen molar-refractivity contribution in [2.45, 2.75) is 25.4 Å². The monoisotopic (exact) mass is 392 g/mol. The fourth-order valence-electron chi connectivity index (χ4n) is 2.39. The summed E-state index contributed by atoms with van der Waals surface area (Å²) in [5, 5.41) is 8.79. The van der Waals surface area contributed by atoms with Crippen molar-refractivity contribution in [3.8, 4) is 6.07 Å². The molecule has 0 aromatic heterocycles. The quantitative estimate of drug-likeness (QED) is 0.687. The largest absolute Gasteiger partial charge is 0.406 e. The number of aryl methyl sites for hydroxylation is 1. The van der Waals surface area contributed by atoms with Crippen molar-refractivity contribution in [1.29, 1.82) is 5.26 Å². The molecule has 27 heavy (non-hydrogen) atoms. The third-order valence-corrected chi connectivity index (χ3v) is 4.78. The van der Waals surface area contributed by atoms with Gasteiger partial charge in [-0.3, -0.25) is 4.79 Å². The Morgan fingerprint density at radius 1 is 1.07 bits per heavy atom. The highest BCUT2D eigenvalue weighted by molar-refractivity contribution is 7.99. The third kappa shape index (κ3) is 7.35. The van der Waals surface area contributed by atoms with Crippen molar-refractivity contribution in [3.05, 3.63) is 70.8 Å². The number of carbonyl (C=O) groups is 1. The van der Waals surface area contributed by atoms with E-state index in [1.165, 1.54) is 23.9 Å². The summed E-state index contributed by atoms with van der Waals surface area (Å²) in [7, 11) is 0. The zero-order valence-electron chi connectivity index (χ0n) is 14.8. The Morgan fingerprint density at radius 2 is 1.67 bits per heavy atom. The van der Waals surface area contributed by atoms with Crippen molar-refractivity contribution in [3.63, 3.8) is 0 Å². The Hall–Kier alpha value is -2.46. The second kappa shape index (κ2) is 9.47. The van der Waals surface area contributed by atoms with Crippen LogP contribution in [0.5, 0.6) is 0 Å². The van der Waals surface area contributed by atoms with Crippen LogP contribution in [0.3, 0.4) is 0 Å². The Morgan fingerprint density at radius 3 is 2.22 bits per heavy atom. The van der Waals surface area contributed by atoms with Gasteiger partial charge in [-0.15, -0.1) is 11.8 Å². The highest BCUT2D eigenvalue weighted by atomic mass is 32.2. The van der Waals surface area contributed by atoms with Crippen LogP contribution in [0.4, 0.5) is 13.2 Å². The van der Waals surface area contributed by atoms with Gasteiger partial charge >= 0.3 is 6.18 Å². The molecular weight excluding hydrogens is 373 g/mol. The topological polar surface area (TPSA) is 44.1 Å². The predicted octanol–water partition coefficient (Wildman–Crippen LogP) is 4.69. The molecule has 0 heterocycles. The molecule has 0 aliphatic carbocycles. The van der Waals surface area contributed by atoms with Crippen LogP contribution in [0.15, 0.2) is 48.5 Å². The smallest absolute Gasteiger partial charge is 0.329 e. The van der Waals surface area contributed by atoms with Crippen molar-refractivity contribution < 1.29 is 18.0 Å². The molecule has 0 radical (unpaired) electrons. The van der Waals surface area contributed by atoms with Gasteiger partial charge in [-0.25, -0.2) is 0 Å². The van der Waals surface area contributed by atoms with Gasteiger partial charge in [0, 0.05) is 12.3 Å². The van der Waals surface area contributed by atoms with Crippen LogP contribution in [0.1, 0.15) is 22.3 Å². The molecule has 142 valence electrons. The molecule has 0 spiro atoms. The molecule has 0 aliphatic heterocycles. The molecule has 1 amide bonds. The molecule has 0 atom stereocenters. The molecule has 3 nitrogen and oxygen atoms in total. The lowest BCUT2D eigenvalue weighted by Crippen LogP contribution is -2.39. The Bertz CT molecular complexity index is 796. The number of amides is 1. The molecule has 2 aromatic rings. The second-order valence-electron chi connectivity index (χ2n) is 6.15. The zero-order chi connectivity index (χ0) is 19.9. The SMILES string of the molecule is Cc1ccc(CSCC(=O)N(Cc2ccc(C#N)cc2)CC(F)(F)F)cc1. The molecule has 0 saturated heterocycles. The average Bonchev–Trinajstić information content (AvgIpc) is 2.62. The number of benzene rings is 2. The standard InChI is InChI=1S/C20H19F3N2OS/c1-15-2-4-18(5-3-15)12-27-13-19(26)25(14-20(21,22)23)11-17-8-6-16(10-24)7-9-17/h2-9H,11-14H2,1H3. The number of halogens is 3. The summed E-state index contributed by atoms with van der Waals surface area (Å²) in [6.45, 7) is 0.532. The van der Waals surface area contributed by atoms with E-state index in [9.17, 15) is 18.0 Å². The van der Waals surface area contributed by atoms with Crippen molar-refractivity contribution in [2.24, 2.45) is 0 Å². The normalized spacial score (nSPS) is 11.1. The minimum absolute atomic E-state index is 0.0275. The van der Waals surface area contributed by atoms with Gasteiger partial charge in [0.2, 0.25) is 5.91 Å². The van der Waals surface area contributed by atoms with Gasteiger partial charge in [0.15, 0.2) is 0 Å². The van der Waals surface area contributed by atoms with E-state index in [-0.39, 0.29) is 12.3 Å². The maximum Gasteiger partial charge on any atom is 0.406 e. The molecular formula is C20H19F3N2OS. The predicted molar refractivity (Wildman–Crippen MR) is 100.0 cm³/mol. The van der Waals surface area contributed by atoms with Crippen LogP contribution in [-0.2, 0) is 17.1 Å². The molecule has 0 saturated carbocycles. The lowest BCUT2D eigenvalue weighted by molar-refractivity contribution is -0.160. The molecule has 0 aliphatic rings. The van der Waals surface area contributed by atoms with E-state index in [2.05, 4.69) is 0 Å². The summed E-state index contributed by atoms with van der Waals surface area (Å²) in [6.07, 6.45) is -4.47. The number of hydrogen-bond acceptors (Lipinski definition) is 3. The fraction of sp³-hybridized carbons (Fsp3) is 0.300. The number of hydrogen-bond donors (Lipinski definition) is 0. The number of carbonyl (C=O) groups excluding carboxylic acids is 1. The van der Waals surface area contributed by atoms with Gasteiger partial charge in [0.25, 0.3) is 0 Å². The van der Waals surface area contributed by atoms with E-state index in [0.717, 1.165) is 16.0 Å². The minimum Gasteiger partial charge on any atom is -0.329 e. The third-order valence-electron chi connectivity index (χ3n) is 3.79. The Kier molecular flexibility index (Phi) is 7.31. The van der Waals surface area contributed by atoms with Crippen molar-refractivity contribution in [1.82, 2.24) is 4.90 Å². The van der Waals surface area contributed by atoms with Crippen LogP contribution in [0.25, 0.3) is 0 Å². The van der Waals surface area contributed by atoms with Crippen molar-refractivity contribution in [2.75, 3.05) is 12.3 Å². The maximum absolute atomic E-state index is 12.9. The number of nitrogens with zero attached hydrogens (tertiary/aromatic N) is 2. The summed E-state index contributed by atoms with van der Waals surface area (Å²) < 4.78 is 38.6. The number of nitriles is 1. The second-order valence-corrected chi connectivity index (χ2v) is 7.14. The summed E-state index contributed by atoms with van der Waals surface area (Å²) in [5.74, 6) is -0.0306. The maximum atomic E-state index is 12.9. The van der Waals surface area contributed by atoms with Crippen LogP contribution >= 0.6 is 11.8 Å². The summed E-state index contributed by atoms with van der Waals surface area (Å²) in [4.78, 5) is 13.2. The minimum atomic E-state index is -4.47. The first kappa shape index (κ1) is 20.8. The highest BCUT2D eigenvalue weighted by Gasteiger charge is 2.32. The molecule has 0 unspecified atom stereocenters. The summed E-state index contributed by atoms with van der Waals surface area (Å²) >= 11 is 1.29. The van der Waals surface area contributed by atoms with E-state index in [1.807, 2.05) is 37.3 Å². The first-order chi connectivity index (χ1) is 12.8. The first-order valence-corrected chi connectivity index (χ1v) is 9.39. The molecule has 2 aromatic carbocycles. The molecule has 0 fully saturated rings. The molecule has 2 rings (SSSR count). The van der Waals surface area contributed by atoms with Crippen molar-refractivity contribution >= 4 is 17.7 Å². The summed E-state index contributed by atoms with van der Waals surface area (Å²) in [6, 6.07) is 15.9. The van der Waals surface area contributed by atoms with E-state index >= 15 is 0 Å². The number of alkyl halides is 3. The Balaban J connectivity index is 1.97. The zero-order valence-corrected chi connectivity index (χ0v) is 15.6. The highest BCUT2D eigenvalue weighted by Crippen LogP contribution is 2.20. The number of thioether (sulfide) groups is 1. The van der Waals surface area contributed by atoms with E-state index < -0.39 is 18.6 Å². The van der Waals surface area contributed by atoms with E-state index in [0.29, 0.717) is 16.9 Å². The van der Waals surface area contributed by atoms with Gasteiger partial charge in [0.1, 0.15) is 6.54 Å². The van der Waals surface area contributed by atoms with Gasteiger partial charge in [-0.05, 0) is 30.2 Å². The van der Waals surface area contributed by atoms with Gasteiger partial charge in [-0.2, -0.15) is 18.4 Å². The van der Waals surface area contributed by atoms with Crippen LogP contribution < -0.4 is 0 Å². The van der Waals surface area contributed by atoms with E-state index in [4.69, 9.17) is 5.26 Å². The first-order valence-electron chi connectivity index (χ1n) is 8.24. The van der Waals surface area contributed by atoms with Gasteiger partial charge in [-0.1, -0.05) is 42.0 Å². The van der Waals surface area contributed by atoms with Gasteiger partial charge in [0.05, 0.1) is 17.4 Å². The fourth-order valence-corrected chi connectivity index (χ4v) is 3.27. The molecule has 0 bridgehead atoms. The lowest BCUT2D eigenvalue weighted by Gasteiger charge is -2.24. The number of rotatable bonds is 7. The van der Waals surface area contributed by atoms with E-state index in [1.54, 1.807) is 12.1 Å². The lowest BCUT2D eigenvalue weighted by atomic mass is 10.1. The Labute approximate surface area is 160 Å².